The summed E-state index contributed by atoms with van der Waals surface area (Å²) < 4.78 is 5.34. The summed E-state index contributed by atoms with van der Waals surface area (Å²) in [5.41, 5.74) is -0.639. The Kier molecular flexibility index (Phi) is 4.04. The third kappa shape index (κ3) is 2.66. The van der Waals surface area contributed by atoms with Crippen molar-refractivity contribution in [2.45, 2.75) is 51.3 Å². The molecule has 2 aliphatic heterocycles. The Balaban J connectivity index is 2.27. The predicted octanol–water partition coefficient (Wildman–Crippen LogP) is 2.53. The van der Waals surface area contributed by atoms with Gasteiger partial charge in [0, 0.05) is 12.1 Å². The molecule has 0 N–H and O–H groups in total. The summed E-state index contributed by atoms with van der Waals surface area (Å²) in [5.74, 6) is -1.46. The number of amides is 1. The first-order valence-electron chi connectivity index (χ1n) is 6.53. The lowest BCUT2D eigenvalue weighted by molar-refractivity contribution is -0.124. The minimum absolute atomic E-state index is 0.396. The van der Waals surface area contributed by atoms with Gasteiger partial charge in [-0.1, -0.05) is 0 Å². The van der Waals surface area contributed by atoms with Crippen molar-refractivity contribution in [2.75, 3.05) is 0 Å². The minimum Gasteiger partial charge on any atom is -0.444 e. The molecule has 2 aliphatic rings. The first-order valence-corrected chi connectivity index (χ1v) is 7.29. The molecular formula is C13H17Cl2NO4. The molecule has 0 aliphatic carbocycles. The Bertz CT molecular complexity index is 432. The van der Waals surface area contributed by atoms with Crippen LogP contribution in [0.3, 0.4) is 0 Å². The third-order valence-corrected chi connectivity index (χ3v) is 4.32. The molecule has 0 aromatic heterocycles. The average molecular weight is 322 g/mol. The molecule has 5 nitrogen and oxygen atoms in total. The predicted molar refractivity (Wildman–Crippen MR) is 73.6 cm³/mol. The number of carbonyl (C=O) groups is 3. The van der Waals surface area contributed by atoms with Crippen LogP contribution in [0.5, 0.6) is 0 Å². The molecule has 1 amide bonds. The van der Waals surface area contributed by atoms with Crippen LogP contribution in [-0.2, 0) is 14.3 Å². The summed E-state index contributed by atoms with van der Waals surface area (Å²) in [5, 5.41) is -1.24. The van der Waals surface area contributed by atoms with Crippen LogP contribution >= 0.6 is 23.2 Å². The monoisotopic (exact) mass is 321 g/mol. The SMILES string of the molecule is CC(C)(C)OC(=O)N1[C@@H]2CC[C@H]1[C@@H](C(=O)Cl)C2C(=O)Cl. The fourth-order valence-corrected chi connectivity index (χ4v) is 3.78. The largest absolute Gasteiger partial charge is 0.444 e. The van der Waals surface area contributed by atoms with Crippen molar-refractivity contribution < 1.29 is 19.1 Å². The van der Waals surface area contributed by atoms with E-state index >= 15 is 0 Å². The fraction of sp³-hybridized carbons (Fsp3) is 0.769. The second-order valence-electron chi connectivity index (χ2n) is 6.26. The summed E-state index contributed by atoms with van der Waals surface area (Å²) in [7, 11) is 0. The Hall–Kier alpha value is -0.810. The number of hydrogen-bond donors (Lipinski definition) is 0. The molecule has 20 heavy (non-hydrogen) atoms. The van der Waals surface area contributed by atoms with E-state index in [2.05, 4.69) is 0 Å². The molecule has 0 saturated carbocycles. The maximum Gasteiger partial charge on any atom is 0.410 e. The molecule has 0 aromatic rings. The second kappa shape index (κ2) is 5.19. The van der Waals surface area contributed by atoms with Crippen molar-refractivity contribution >= 4 is 39.8 Å². The maximum absolute atomic E-state index is 12.3. The summed E-state index contributed by atoms with van der Waals surface area (Å²) in [6, 6.07) is -0.792. The van der Waals surface area contributed by atoms with Crippen LogP contribution in [0.4, 0.5) is 4.79 Å². The normalized spacial score (nSPS) is 32.4. The van der Waals surface area contributed by atoms with Crippen molar-refractivity contribution in [2.24, 2.45) is 11.8 Å². The molecule has 7 heteroatoms. The van der Waals surface area contributed by atoms with Gasteiger partial charge in [-0.3, -0.25) is 9.59 Å². The van der Waals surface area contributed by atoms with E-state index in [-0.39, 0.29) is 0 Å². The van der Waals surface area contributed by atoms with Crippen LogP contribution in [0.2, 0.25) is 0 Å². The number of fused-ring (bicyclic) bond motifs is 2. The number of hydrogen-bond acceptors (Lipinski definition) is 4. The van der Waals surface area contributed by atoms with Crippen LogP contribution in [0.1, 0.15) is 33.6 Å². The van der Waals surface area contributed by atoms with Crippen LogP contribution in [-0.4, -0.2) is 39.2 Å². The number of carbonyl (C=O) groups excluding carboxylic acids is 3. The Labute approximate surface area is 127 Å². The van der Waals surface area contributed by atoms with Gasteiger partial charge in [-0.2, -0.15) is 0 Å². The fourth-order valence-electron chi connectivity index (χ4n) is 3.22. The Morgan fingerprint density at radius 1 is 1.00 bits per heavy atom. The van der Waals surface area contributed by atoms with Gasteiger partial charge in [-0.15, -0.1) is 0 Å². The Morgan fingerprint density at radius 3 is 1.70 bits per heavy atom. The van der Waals surface area contributed by atoms with E-state index in [0.717, 1.165) is 0 Å². The first-order chi connectivity index (χ1) is 9.13. The summed E-state index contributed by atoms with van der Waals surface area (Å²) in [4.78, 5) is 36.9. The molecule has 0 radical (unpaired) electrons. The lowest BCUT2D eigenvalue weighted by atomic mass is 9.81. The molecular weight excluding hydrogens is 305 g/mol. The van der Waals surface area contributed by atoms with Crippen LogP contribution < -0.4 is 0 Å². The highest BCUT2D eigenvalue weighted by Crippen LogP contribution is 2.48. The van der Waals surface area contributed by atoms with Gasteiger partial charge in [0.25, 0.3) is 0 Å². The van der Waals surface area contributed by atoms with Gasteiger partial charge in [0.15, 0.2) is 0 Å². The van der Waals surface area contributed by atoms with E-state index in [1.807, 2.05) is 0 Å². The maximum atomic E-state index is 12.3. The average Bonchev–Trinajstić information content (AvgIpc) is 2.80. The van der Waals surface area contributed by atoms with Crippen molar-refractivity contribution in [3.8, 4) is 0 Å². The summed E-state index contributed by atoms with van der Waals surface area (Å²) >= 11 is 11.2. The van der Waals surface area contributed by atoms with Gasteiger partial charge in [-0.05, 0) is 56.8 Å². The van der Waals surface area contributed by atoms with Gasteiger partial charge in [0.2, 0.25) is 10.5 Å². The quantitative estimate of drug-likeness (QED) is 0.733. The number of ether oxygens (including phenoxy) is 1. The topological polar surface area (TPSA) is 63.7 Å². The lowest BCUT2D eigenvalue weighted by Crippen LogP contribution is -2.41. The van der Waals surface area contributed by atoms with Crippen LogP contribution in [0.25, 0.3) is 0 Å². The van der Waals surface area contributed by atoms with E-state index in [1.165, 1.54) is 4.90 Å². The van der Waals surface area contributed by atoms with E-state index < -0.39 is 46.1 Å². The second-order valence-corrected chi connectivity index (χ2v) is 7.00. The Morgan fingerprint density at radius 2 is 1.40 bits per heavy atom. The zero-order valence-corrected chi connectivity index (χ0v) is 13.1. The zero-order valence-electron chi connectivity index (χ0n) is 11.6. The van der Waals surface area contributed by atoms with Gasteiger partial charge >= 0.3 is 6.09 Å². The lowest BCUT2D eigenvalue weighted by Gasteiger charge is -2.27. The molecule has 2 heterocycles. The highest BCUT2D eigenvalue weighted by atomic mass is 35.5. The first kappa shape index (κ1) is 15.6. The van der Waals surface area contributed by atoms with Crippen molar-refractivity contribution in [1.82, 2.24) is 4.90 Å². The van der Waals surface area contributed by atoms with E-state index in [0.29, 0.717) is 12.8 Å². The number of rotatable bonds is 2. The standard InChI is InChI=1S/C13H17Cl2NO4/c1-13(2,3)20-12(19)16-6-4-5-7(16)9(11(15)18)8(6)10(14)17/h6-9H,4-5H2,1-3H3/t6-,7+,8+,9?/m0/s1. The zero-order chi connectivity index (χ0) is 15.2. The van der Waals surface area contributed by atoms with E-state index in [1.54, 1.807) is 20.8 Å². The molecule has 2 fully saturated rings. The molecule has 112 valence electrons. The van der Waals surface area contributed by atoms with Crippen molar-refractivity contribution in [1.29, 1.82) is 0 Å². The van der Waals surface area contributed by atoms with Crippen LogP contribution in [0.15, 0.2) is 0 Å². The van der Waals surface area contributed by atoms with E-state index in [9.17, 15) is 14.4 Å². The summed E-state index contributed by atoms with van der Waals surface area (Å²) in [6.07, 6.45) is 0.745. The minimum atomic E-state index is -0.729. The van der Waals surface area contributed by atoms with Gasteiger partial charge in [-0.25, -0.2) is 4.79 Å². The third-order valence-electron chi connectivity index (χ3n) is 3.82. The van der Waals surface area contributed by atoms with Crippen molar-refractivity contribution in [3.05, 3.63) is 0 Å². The van der Waals surface area contributed by atoms with E-state index in [4.69, 9.17) is 27.9 Å². The number of halogens is 2. The molecule has 4 atom stereocenters. The van der Waals surface area contributed by atoms with Gasteiger partial charge < -0.3 is 9.64 Å². The molecule has 1 unspecified atom stereocenters. The molecule has 2 rings (SSSR count). The highest BCUT2D eigenvalue weighted by Gasteiger charge is 2.60. The van der Waals surface area contributed by atoms with Gasteiger partial charge in [0.1, 0.15) is 5.60 Å². The molecule has 0 spiro atoms. The summed E-state index contributed by atoms with van der Waals surface area (Å²) in [6.45, 7) is 5.28. The molecule has 0 aromatic carbocycles. The smallest absolute Gasteiger partial charge is 0.410 e. The molecule has 2 bridgehead atoms. The molecule has 2 saturated heterocycles. The van der Waals surface area contributed by atoms with Crippen LogP contribution in [0, 0.1) is 11.8 Å². The van der Waals surface area contributed by atoms with Crippen molar-refractivity contribution in [3.63, 3.8) is 0 Å². The van der Waals surface area contributed by atoms with Gasteiger partial charge in [0.05, 0.1) is 11.8 Å². The number of nitrogens with zero attached hydrogens (tertiary/aromatic N) is 1. The highest BCUT2D eigenvalue weighted by molar-refractivity contribution is 6.67.